The molecule has 2 nitrogen and oxygen atoms in total. The largest absolute Gasteiger partial charge is 0.469 e. The fourth-order valence-electron chi connectivity index (χ4n) is 2.99. The summed E-state index contributed by atoms with van der Waals surface area (Å²) in [5, 5.41) is 3.65. The highest BCUT2D eigenvalue weighted by Crippen LogP contribution is 2.33. The topological polar surface area (TPSA) is 25.2 Å². The minimum Gasteiger partial charge on any atom is -0.469 e. The number of nitrogens with one attached hydrogen (secondary N) is 1. The Balaban J connectivity index is 1.67. The molecule has 1 aliphatic rings. The quantitative estimate of drug-likeness (QED) is 0.815. The average molecular weight is 269 g/mol. The van der Waals surface area contributed by atoms with Crippen molar-refractivity contribution in [1.82, 2.24) is 0 Å². The van der Waals surface area contributed by atoms with Crippen molar-refractivity contribution in [2.75, 3.05) is 5.32 Å². The SMILES string of the molecule is CCCCc1ccc(NC2CCCc3occc32)cc1. The zero-order valence-corrected chi connectivity index (χ0v) is 12.2. The van der Waals surface area contributed by atoms with Gasteiger partial charge in [-0.2, -0.15) is 0 Å². The van der Waals surface area contributed by atoms with E-state index in [0.29, 0.717) is 6.04 Å². The van der Waals surface area contributed by atoms with Crippen LogP contribution in [0.4, 0.5) is 5.69 Å². The number of benzene rings is 1. The molecule has 2 aromatic rings. The van der Waals surface area contributed by atoms with E-state index in [1.54, 1.807) is 0 Å². The number of rotatable bonds is 5. The molecule has 0 saturated carbocycles. The van der Waals surface area contributed by atoms with Crippen molar-refractivity contribution >= 4 is 5.69 Å². The second-order valence-corrected chi connectivity index (χ2v) is 5.69. The van der Waals surface area contributed by atoms with Crippen molar-refractivity contribution in [2.45, 2.75) is 51.5 Å². The Bertz CT molecular complexity index is 541. The number of unbranched alkanes of at least 4 members (excludes halogenated alkanes) is 1. The monoisotopic (exact) mass is 269 g/mol. The molecule has 1 N–H and O–H groups in total. The van der Waals surface area contributed by atoms with Crippen LogP contribution in [0.5, 0.6) is 0 Å². The van der Waals surface area contributed by atoms with E-state index >= 15 is 0 Å². The van der Waals surface area contributed by atoms with Crippen LogP contribution in [0.1, 0.15) is 55.5 Å². The van der Waals surface area contributed by atoms with Crippen LogP contribution in [0.2, 0.25) is 0 Å². The minimum atomic E-state index is 0.402. The Morgan fingerprint density at radius 2 is 2.05 bits per heavy atom. The van der Waals surface area contributed by atoms with E-state index in [4.69, 9.17) is 4.42 Å². The fraction of sp³-hybridized carbons (Fsp3) is 0.444. The van der Waals surface area contributed by atoms with Crippen LogP contribution < -0.4 is 5.32 Å². The van der Waals surface area contributed by atoms with Gasteiger partial charge in [0.05, 0.1) is 12.3 Å². The van der Waals surface area contributed by atoms with E-state index in [-0.39, 0.29) is 0 Å². The normalized spacial score (nSPS) is 17.8. The number of hydrogen-bond donors (Lipinski definition) is 1. The second kappa shape index (κ2) is 6.17. The van der Waals surface area contributed by atoms with Gasteiger partial charge in [-0.3, -0.25) is 0 Å². The molecular weight excluding hydrogens is 246 g/mol. The molecule has 0 fully saturated rings. The van der Waals surface area contributed by atoms with Gasteiger partial charge in [0.25, 0.3) is 0 Å². The van der Waals surface area contributed by atoms with Gasteiger partial charge in [0.15, 0.2) is 0 Å². The third-order valence-electron chi connectivity index (χ3n) is 4.17. The number of fused-ring (bicyclic) bond motifs is 1. The number of hydrogen-bond acceptors (Lipinski definition) is 2. The highest BCUT2D eigenvalue weighted by Gasteiger charge is 2.22. The van der Waals surface area contributed by atoms with Gasteiger partial charge in [0.1, 0.15) is 5.76 Å². The van der Waals surface area contributed by atoms with Crippen LogP contribution >= 0.6 is 0 Å². The van der Waals surface area contributed by atoms with Crippen molar-refractivity contribution in [1.29, 1.82) is 0 Å². The summed E-state index contributed by atoms with van der Waals surface area (Å²) < 4.78 is 5.55. The van der Waals surface area contributed by atoms with E-state index in [9.17, 15) is 0 Å². The number of anilines is 1. The molecule has 3 rings (SSSR count). The zero-order valence-electron chi connectivity index (χ0n) is 12.2. The van der Waals surface area contributed by atoms with Gasteiger partial charge in [0, 0.05) is 17.7 Å². The fourth-order valence-corrected chi connectivity index (χ4v) is 2.99. The van der Waals surface area contributed by atoms with Gasteiger partial charge >= 0.3 is 0 Å². The molecule has 1 aromatic heterocycles. The van der Waals surface area contributed by atoms with Crippen molar-refractivity contribution in [2.24, 2.45) is 0 Å². The maximum absolute atomic E-state index is 5.55. The summed E-state index contributed by atoms with van der Waals surface area (Å²) in [5.41, 5.74) is 3.99. The van der Waals surface area contributed by atoms with Crippen LogP contribution in [-0.4, -0.2) is 0 Å². The Hall–Kier alpha value is -1.70. The lowest BCUT2D eigenvalue weighted by Crippen LogP contribution is -2.15. The lowest BCUT2D eigenvalue weighted by atomic mass is 9.93. The summed E-state index contributed by atoms with van der Waals surface area (Å²) in [6.07, 6.45) is 9.00. The molecule has 1 aliphatic carbocycles. The highest BCUT2D eigenvalue weighted by molar-refractivity contribution is 5.47. The predicted octanol–water partition coefficient (Wildman–Crippen LogP) is 5.11. The van der Waals surface area contributed by atoms with Crippen LogP contribution in [0, 0.1) is 0 Å². The lowest BCUT2D eigenvalue weighted by Gasteiger charge is -2.23. The van der Waals surface area contributed by atoms with Crippen LogP contribution in [0.15, 0.2) is 41.0 Å². The Morgan fingerprint density at radius 1 is 1.20 bits per heavy atom. The van der Waals surface area contributed by atoms with Crippen molar-refractivity contribution in [3.05, 3.63) is 53.5 Å². The molecule has 0 amide bonds. The standard InChI is InChI=1S/C18H23NO/c1-2-3-5-14-8-10-15(11-9-14)19-17-6-4-7-18-16(17)12-13-20-18/h8-13,17,19H,2-7H2,1H3. The van der Waals surface area contributed by atoms with Crippen molar-refractivity contribution < 1.29 is 4.42 Å². The summed E-state index contributed by atoms with van der Waals surface area (Å²) in [6, 6.07) is 11.4. The summed E-state index contributed by atoms with van der Waals surface area (Å²) in [6.45, 7) is 2.24. The van der Waals surface area contributed by atoms with E-state index < -0.39 is 0 Å². The molecule has 106 valence electrons. The predicted molar refractivity (Wildman–Crippen MR) is 83.1 cm³/mol. The van der Waals surface area contributed by atoms with E-state index in [0.717, 1.165) is 12.2 Å². The van der Waals surface area contributed by atoms with Crippen LogP contribution in [0.3, 0.4) is 0 Å². The molecule has 0 spiro atoms. The van der Waals surface area contributed by atoms with E-state index in [1.807, 2.05) is 6.26 Å². The van der Waals surface area contributed by atoms with Crippen molar-refractivity contribution in [3.8, 4) is 0 Å². The van der Waals surface area contributed by atoms with Gasteiger partial charge in [-0.05, 0) is 49.4 Å². The zero-order chi connectivity index (χ0) is 13.8. The van der Waals surface area contributed by atoms with E-state index in [1.165, 1.54) is 48.9 Å². The number of furan rings is 1. The summed E-state index contributed by atoms with van der Waals surface area (Å²) >= 11 is 0. The van der Waals surface area contributed by atoms with Gasteiger partial charge in [-0.1, -0.05) is 25.5 Å². The average Bonchev–Trinajstić information content (AvgIpc) is 2.96. The Morgan fingerprint density at radius 3 is 2.85 bits per heavy atom. The lowest BCUT2D eigenvalue weighted by molar-refractivity contribution is 0.461. The van der Waals surface area contributed by atoms with Gasteiger partial charge < -0.3 is 9.73 Å². The van der Waals surface area contributed by atoms with Gasteiger partial charge in [0.2, 0.25) is 0 Å². The first-order chi connectivity index (χ1) is 9.86. The third kappa shape index (κ3) is 2.90. The van der Waals surface area contributed by atoms with Gasteiger partial charge in [-0.25, -0.2) is 0 Å². The molecule has 0 saturated heterocycles. The third-order valence-corrected chi connectivity index (χ3v) is 4.17. The molecule has 0 aliphatic heterocycles. The molecule has 1 aromatic carbocycles. The molecule has 0 bridgehead atoms. The van der Waals surface area contributed by atoms with E-state index in [2.05, 4.69) is 42.6 Å². The number of aryl methyl sites for hydroxylation is 2. The Kier molecular flexibility index (Phi) is 4.10. The molecule has 2 heteroatoms. The maximum atomic E-state index is 5.55. The van der Waals surface area contributed by atoms with Crippen LogP contribution in [0.25, 0.3) is 0 Å². The molecule has 1 heterocycles. The first-order valence-corrected chi connectivity index (χ1v) is 7.78. The summed E-state index contributed by atoms with van der Waals surface area (Å²) in [4.78, 5) is 0. The summed E-state index contributed by atoms with van der Waals surface area (Å²) in [5.74, 6) is 1.16. The smallest absolute Gasteiger partial charge is 0.109 e. The van der Waals surface area contributed by atoms with Crippen molar-refractivity contribution in [3.63, 3.8) is 0 Å². The second-order valence-electron chi connectivity index (χ2n) is 5.69. The highest BCUT2D eigenvalue weighted by atomic mass is 16.3. The first kappa shape index (κ1) is 13.3. The molecule has 1 atom stereocenters. The molecule has 0 radical (unpaired) electrons. The minimum absolute atomic E-state index is 0.402. The first-order valence-electron chi connectivity index (χ1n) is 7.78. The molecule has 20 heavy (non-hydrogen) atoms. The maximum Gasteiger partial charge on any atom is 0.109 e. The molecular formula is C18H23NO. The van der Waals surface area contributed by atoms with Crippen LogP contribution in [-0.2, 0) is 12.8 Å². The Labute approximate surface area is 121 Å². The van der Waals surface area contributed by atoms with Gasteiger partial charge in [-0.15, -0.1) is 0 Å². The molecule has 1 unspecified atom stereocenters. The summed E-state index contributed by atoms with van der Waals surface area (Å²) in [7, 11) is 0.